The molecule has 0 saturated carbocycles. The van der Waals surface area contributed by atoms with Crippen LogP contribution in [0.4, 0.5) is 5.69 Å². The van der Waals surface area contributed by atoms with Gasteiger partial charge in [0.25, 0.3) is 0 Å². The molecule has 0 radical (unpaired) electrons. The lowest BCUT2D eigenvalue weighted by molar-refractivity contribution is 0.389. The normalized spacial score (nSPS) is 9.50. The van der Waals surface area contributed by atoms with Crippen LogP contribution in [0, 0.1) is 6.92 Å². The predicted molar refractivity (Wildman–Crippen MR) is 41.6 cm³/mol. The molecule has 0 bridgehead atoms. The smallest absolute Gasteiger partial charge is 0.0619 e. The van der Waals surface area contributed by atoms with Crippen molar-refractivity contribution in [1.29, 1.82) is 0 Å². The van der Waals surface area contributed by atoms with E-state index in [1.807, 2.05) is 18.5 Å². The lowest BCUT2D eigenvalue weighted by Gasteiger charge is -1.99. The number of anilines is 1. The number of hydrogen-bond donors (Lipinski definition) is 2. The molecule has 10 heavy (non-hydrogen) atoms. The maximum atomic E-state index is 8.48. The third kappa shape index (κ3) is 1.62. The molecule has 1 aromatic carbocycles. The summed E-state index contributed by atoms with van der Waals surface area (Å²) in [5, 5.41) is 9.10. The maximum Gasteiger partial charge on any atom is 0.0619 e. The van der Waals surface area contributed by atoms with Gasteiger partial charge in [0.15, 0.2) is 0 Å². The van der Waals surface area contributed by atoms with E-state index in [-0.39, 0.29) is 0 Å². The van der Waals surface area contributed by atoms with Crippen molar-refractivity contribution in [2.75, 3.05) is 5.48 Å². The number of halogens is 1. The lowest BCUT2D eigenvalue weighted by atomic mass is 10.2. The van der Waals surface area contributed by atoms with E-state index in [9.17, 15) is 0 Å². The quantitative estimate of drug-likeness (QED) is 0.614. The van der Waals surface area contributed by atoms with Crippen LogP contribution < -0.4 is 5.48 Å². The van der Waals surface area contributed by atoms with Gasteiger partial charge in [-0.15, -0.1) is 0 Å². The first kappa shape index (κ1) is 7.38. The van der Waals surface area contributed by atoms with Crippen LogP contribution in [0.15, 0.2) is 18.2 Å². The second kappa shape index (κ2) is 2.90. The minimum Gasteiger partial charge on any atom is -0.291 e. The minimum absolute atomic E-state index is 0.616. The van der Waals surface area contributed by atoms with E-state index >= 15 is 0 Å². The zero-order chi connectivity index (χ0) is 7.56. The highest BCUT2D eigenvalue weighted by molar-refractivity contribution is 6.30. The van der Waals surface area contributed by atoms with Gasteiger partial charge in [-0.05, 0) is 30.7 Å². The van der Waals surface area contributed by atoms with Crippen LogP contribution >= 0.6 is 11.6 Å². The molecule has 1 rings (SSSR count). The molecule has 0 aliphatic carbocycles. The van der Waals surface area contributed by atoms with Crippen LogP contribution in [-0.2, 0) is 0 Å². The van der Waals surface area contributed by atoms with Gasteiger partial charge >= 0.3 is 0 Å². The average molecular weight is 158 g/mol. The minimum atomic E-state index is 0.616. The SMILES string of the molecule is Cc1cc(Cl)cc(NO)c1. The highest BCUT2D eigenvalue weighted by atomic mass is 35.5. The van der Waals surface area contributed by atoms with E-state index in [1.165, 1.54) is 0 Å². The van der Waals surface area contributed by atoms with Crippen molar-refractivity contribution in [3.05, 3.63) is 28.8 Å². The zero-order valence-corrected chi connectivity index (χ0v) is 6.31. The van der Waals surface area contributed by atoms with Gasteiger partial charge in [0.2, 0.25) is 0 Å². The molecule has 0 aliphatic heterocycles. The van der Waals surface area contributed by atoms with Gasteiger partial charge in [0.05, 0.1) is 5.69 Å². The maximum absolute atomic E-state index is 8.48. The van der Waals surface area contributed by atoms with Crippen molar-refractivity contribution in [3.63, 3.8) is 0 Å². The third-order valence-corrected chi connectivity index (χ3v) is 1.39. The Hall–Kier alpha value is -0.730. The van der Waals surface area contributed by atoms with Crippen LogP contribution in [0.25, 0.3) is 0 Å². The summed E-state index contributed by atoms with van der Waals surface area (Å²) < 4.78 is 0. The third-order valence-electron chi connectivity index (χ3n) is 1.17. The van der Waals surface area contributed by atoms with Crippen LogP contribution in [0.1, 0.15) is 5.56 Å². The summed E-state index contributed by atoms with van der Waals surface area (Å²) in [4.78, 5) is 0. The van der Waals surface area contributed by atoms with E-state index < -0.39 is 0 Å². The summed E-state index contributed by atoms with van der Waals surface area (Å²) in [6.45, 7) is 1.91. The van der Waals surface area contributed by atoms with Gasteiger partial charge < -0.3 is 0 Å². The van der Waals surface area contributed by atoms with Crippen LogP contribution in [-0.4, -0.2) is 5.21 Å². The fourth-order valence-corrected chi connectivity index (χ4v) is 1.09. The van der Waals surface area contributed by atoms with Gasteiger partial charge in [-0.2, -0.15) is 0 Å². The fraction of sp³-hybridized carbons (Fsp3) is 0.143. The number of benzene rings is 1. The van der Waals surface area contributed by atoms with E-state index in [0.717, 1.165) is 5.56 Å². The molecule has 0 saturated heterocycles. The van der Waals surface area contributed by atoms with Crippen molar-refractivity contribution in [2.45, 2.75) is 6.92 Å². The molecule has 0 spiro atoms. The Morgan fingerprint density at radius 3 is 2.60 bits per heavy atom. The van der Waals surface area contributed by atoms with Gasteiger partial charge in [0, 0.05) is 5.02 Å². The van der Waals surface area contributed by atoms with E-state index in [1.54, 1.807) is 12.1 Å². The van der Waals surface area contributed by atoms with Gasteiger partial charge in [-0.3, -0.25) is 10.7 Å². The van der Waals surface area contributed by atoms with Crippen molar-refractivity contribution in [3.8, 4) is 0 Å². The summed E-state index contributed by atoms with van der Waals surface area (Å²) in [6, 6.07) is 5.27. The summed E-state index contributed by atoms with van der Waals surface area (Å²) >= 11 is 5.68. The molecule has 0 fully saturated rings. The standard InChI is InChI=1S/C7H8ClNO/c1-5-2-6(8)4-7(3-5)9-10/h2-4,9-10H,1H3. The monoisotopic (exact) mass is 157 g/mol. The largest absolute Gasteiger partial charge is 0.291 e. The van der Waals surface area contributed by atoms with Crippen molar-refractivity contribution in [1.82, 2.24) is 0 Å². The van der Waals surface area contributed by atoms with Crippen molar-refractivity contribution in [2.24, 2.45) is 0 Å². The first-order valence-electron chi connectivity index (χ1n) is 2.89. The molecular weight excluding hydrogens is 150 g/mol. The average Bonchev–Trinajstić information content (AvgIpc) is 1.85. The zero-order valence-electron chi connectivity index (χ0n) is 5.56. The molecule has 0 amide bonds. The first-order chi connectivity index (χ1) is 4.72. The fourth-order valence-electron chi connectivity index (χ4n) is 0.801. The Morgan fingerprint density at radius 2 is 2.10 bits per heavy atom. The Kier molecular flexibility index (Phi) is 2.14. The second-order valence-corrected chi connectivity index (χ2v) is 2.57. The lowest BCUT2D eigenvalue weighted by Crippen LogP contribution is -1.88. The Balaban J connectivity index is 3.06. The highest BCUT2D eigenvalue weighted by Crippen LogP contribution is 2.17. The Labute approximate surface area is 64.4 Å². The summed E-state index contributed by atoms with van der Waals surface area (Å²) in [6.07, 6.45) is 0. The summed E-state index contributed by atoms with van der Waals surface area (Å²) in [5.74, 6) is 0. The molecule has 0 unspecified atom stereocenters. The Bertz CT molecular complexity index is 217. The summed E-state index contributed by atoms with van der Waals surface area (Å²) in [7, 11) is 0. The van der Waals surface area contributed by atoms with Crippen LogP contribution in [0.5, 0.6) is 0 Å². The molecule has 0 atom stereocenters. The number of rotatable bonds is 1. The highest BCUT2D eigenvalue weighted by Gasteiger charge is 1.93. The molecule has 2 N–H and O–H groups in total. The van der Waals surface area contributed by atoms with E-state index in [0.29, 0.717) is 10.7 Å². The Morgan fingerprint density at radius 1 is 1.40 bits per heavy atom. The molecule has 54 valence electrons. The molecule has 0 aromatic heterocycles. The first-order valence-corrected chi connectivity index (χ1v) is 3.27. The number of nitrogens with one attached hydrogen (secondary N) is 1. The van der Waals surface area contributed by atoms with Crippen molar-refractivity contribution < 1.29 is 5.21 Å². The summed E-state index contributed by atoms with van der Waals surface area (Å²) in [5.41, 5.74) is 3.66. The van der Waals surface area contributed by atoms with Gasteiger partial charge in [-0.1, -0.05) is 11.6 Å². The van der Waals surface area contributed by atoms with E-state index in [4.69, 9.17) is 16.8 Å². The van der Waals surface area contributed by atoms with Gasteiger partial charge in [0.1, 0.15) is 0 Å². The molecule has 3 heteroatoms. The molecular formula is C7H8ClNO. The van der Waals surface area contributed by atoms with Crippen molar-refractivity contribution >= 4 is 17.3 Å². The van der Waals surface area contributed by atoms with Crippen LogP contribution in [0.2, 0.25) is 5.02 Å². The number of hydrogen-bond acceptors (Lipinski definition) is 2. The van der Waals surface area contributed by atoms with Gasteiger partial charge in [-0.25, -0.2) is 0 Å². The molecule has 0 heterocycles. The topological polar surface area (TPSA) is 32.3 Å². The molecule has 0 aliphatic rings. The molecule has 2 nitrogen and oxygen atoms in total. The van der Waals surface area contributed by atoms with Crippen LogP contribution in [0.3, 0.4) is 0 Å². The number of aryl methyl sites for hydroxylation is 1. The molecule has 1 aromatic rings. The van der Waals surface area contributed by atoms with E-state index in [2.05, 4.69) is 0 Å². The predicted octanol–water partition coefficient (Wildman–Crippen LogP) is 2.45. The second-order valence-electron chi connectivity index (χ2n) is 2.13.